The summed E-state index contributed by atoms with van der Waals surface area (Å²) in [6.07, 6.45) is -0.499. The van der Waals surface area contributed by atoms with Crippen LogP contribution in [-0.2, 0) is 0 Å². The van der Waals surface area contributed by atoms with E-state index in [1.807, 2.05) is 31.2 Å². The van der Waals surface area contributed by atoms with Gasteiger partial charge in [-0.05, 0) is 31.0 Å². The second-order valence-corrected chi connectivity index (χ2v) is 2.90. The Bertz CT molecular complexity index is 247. The topological polar surface area (TPSA) is 26.0 Å². The molecule has 0 aliphatic carbocycles. The van der Waals surface area contributed by atoms with Crippen molar-refractivity contribution in [3.8, 4) is 0 Å². The van der Waals surface area contributed by atoms with E-state index >= 15 is 0 Å². The third-order valence-electron chi connectivity index (χ3n) is 1.95. The first-order chi connectivity index (χ1) is 5.75. The summed E-state index contributed by atoms with van der Waals surface area (Å²) in [4.78, 5) is 0. The molecule has 66 valence electrons. The molecule has 1 aromatic rings. The van der Waals surface area contributed by atoms with E-state index in [-0.39, 0.29) is 0 Å². The van der Waals surface area contributed by atoms with Crippen LogP contribution in [0.1, 0.15) is 23.7 Å². The van der Waals surface area contributed by atoms with Crippen molar-refractivity contribution in [2.45, 2.75) is 19.5 Å². The molecule has 1 rings (SSSR count). The maximum Gasteiger partial charge on any atom is 0.127 e. The standard InChI is InChI=1S/C10H14FN/c1-8-4-2-3-5-9(8)10(11)6-7-12/h2-5,10H,6-7,12H2,1H3. The van der Waals surface area contributed by atoms with E-state index in [1.165, 1.54) is 0 Å². The Labute approximate surface area is 72.4 Å². The highest BCUT2D eigenvalue weighted by atomic mass is 19.1. The normalized spacial score (nSPS) is 12.9. The van der Waals surface area contributed by atoms with Gasteiger partial charge in [0, 0.05) is 0 Å². The summed E-state index contributed by atoms with van der Waals surface area (Å²) in [7, 11) is 0. The lowest BCUT2D eigenvalue weighted by Gasteiger charge is -2.09. The smallest absolute Gasteiger partial charge is 0.127 e. The molecule has 0 fully saturated rings. The summed E-state index contributed by atoms with van der Waals surface area (Å²) in [5, 5.41) is 0. The first-order valence-corrected chi connectivity index (χ1v) is 4.15. The first kappa shape index (κ1) is 9.20. The number of rotatable bonds is 3. The quantitative estimate of drug-likeness (QED) is 0.734. The molecule has 0 heterocycles. The SMILES string of the molecule is Cc1ccccc1C(F)CCN. The summed E-state index contributed by atoms with van der Waals surface area (Å²) in [6, 6.07) is 7.49. The second-order valence-electron chi connectivity index (χ2n) is 2.90. The van der Waals surface area contributed by atoms with Crippen molar-refractivity contribution in [1.29, 1.82) is 0 Å². The van der Waals surface area contributed by atoms with E-state index in [0.717, 1.165) is 11.1 Å². The van der Waals surface area contributed by atoms with Crippen molar-refractivity contribution < 1.29 is 4.39 Å². The van der Waals surface area contributed by atoms with Gasteiger partial charge in [0.05, 0.1) is 0 Å². The lowest BCUT2D eigenvalue weighted by Crippen LogP contribution is -2.04. The van der Waals surface area contributed by atoms with Crippen LogP contribution in [0.5, 0.6) is 0 Å². The predicted molar refractivity (Wildman–Crippen MR) is 48.7 cm³/mol. The van der Waals surface area contributed by atoms with Crippen molar-refractivity contribution in [1.82, 2.24) is 0 Å². The van der Waals surface area contributed by atoms with Crippen LogP contribution < -0.4 is 5.73 Å². The van der Waals surface area contributed by atoms with Gasteiger partial charge in [0.15, 0.2) is 0 Å². The lowest BCUT2D eigenvalue weighted by atomic mass is 10.0. The van der Waals surface area contributed by atoms with Crippen molar-refractivity contribution in [2.24, 2.45) is 5.73 Å². The molecule has 1 nitrogen and oxygen atoms in total. The predicted octanol–water partition coefficient (Wildman–Crippen LogP) is 2.35. The zero-order chi connectivity index (χ0) is 8.97. The van der Waals surface area contributed by atoms with Gasteiger partial charge in [-0.3, -0.25) is 0 Å². The van der Waals surface area contributed by atoms with E-state index in [4.69, 9.17) is 5.73 Å². The van der Waals surface area contributed by atoms with E-state index in [9.17, 15) is 4.39 Å². The third-order valence-corrected chi connectivity index (χ3v) is 1.95. The number of alkyl halides is 1. The molecule has 0 saturated heterocycles. The zero-order valence-electron chi connectivity index (χ0n) is 7.26. The molecule has 2 N–H and O–H groups in total. The van der Waals surface area contributed by atoms with Gasteiger partial charge in [-0.2, -0.15) is 0 Å². The van der Waals surface area contributed by atoms with Gasteiger partial charge in [0.1, 0.15) is 6.17 Å². The van der Waals surface area contributed by atoms with Crippen LogP contribution in [-0.4, -0.2) is 6.54 Å². The Hall–Kier alpha value is -0.890. The van der Waals surface area contributed by atoms with Crippen LogP contribution in [0.2, 0.25) is 0 Å². The number of halogens is 1. The molecule has 0 bridgehead atoms. The minimum absolute atomic E-state index is 0.398. The fraction of sp³-hybridized carbons (Fsp3) is 0.400. The van der Waals surface area contributed by atoms with Crippen molar-refractivity contribution in [3.05, 3.63) is 35.4 Å². The summed E-state index contributed by atoms with van der Waals surface area (Å²) in [6.45, 7) is 2.31. The molecule has 0 saturated carbocycles. The lowest BCUT2D eigenvalue weighted by molar-refractivity contribution is 0.326. The Morgan fingerprint density at radius 1 is 1.42 bits per heavy atom. The van der Waals surface area contributed by atoms with Gasteiger partial charge in [-0.1, -0.05) is 24.3 Å². The highest BCUT2D eigenvalue weighted by Gasteiger charge is 2.09. The van der Waals surface area contributed by atoms with Gasteiger partial charge in [0.25, 0.3) is 0 Å². The van der Waals surface area contributed by atoms with Crippen LogP contribution >= 0.6 is 0 Å². The van der Waals surface area contributed by atoms with E-state index < -0.39 is 6.17 Å². The summed E-state index contributed by atoms with van der Waals surface area (Å²) in [5.41, 5.74) is 7.04. The van der Waals surface area contributed by atoms with Crippen molar-refractivity contribution in [2.75, 3.05) is 6.54 Å². The third kappa shape index (κ3) is 2.05. The van der Waals surface area contributed by atoms with E-state index in [1.54, 1.807) is 0 Å². The van der Waals surface area contributed by atoms with Crippen LogP contribution in [0.4, 0.5) is 4.39 Å². The summed E-state index contributed by atoms with van der Waals surface area (Å²) >= 11 is 0. The van der Waals surface area contributed by atoms with E-state index in [0.29, 0.717) is 13.0 Å². The van der Waals surface area contributed by atoms with E-state index in [2.05, 4.69) is 0 Å². The van der Waals surface area contributed by atoms with Gasteiger partial charge in [0.2, 0.25) is 0 Å². The average Bonchev–Trinajstić information content (AvgIpc) is 2.05. The molecule has 0 aromatic heterocycles. The maximum absolute atomic E-state index is 13.3. The van der Waals surface area contributed by atoms with Crippen LogP contribution in [0.25, 0.3) is 0 Å². The Kier molecular flexibility index (Phi) is 3.23. The molecular weight excluding hydrogens is 153 g/mol. The second kappa shape index (κ2) is 4.21. The Morgan fingerprint density at radius 2 is 2.08 bits per heavy atom. The monoisotopic (exact) mass is 167 g/mol. The molecule has 0 radical (unpaired) electrons. The molecule has 0 spiro atoms. The molecule has 0 aliphatic heterocycles. The zero-order valence-corrected chi connectivity index (χ0v) is 7.26. The van der Waals surface area contributed by atoms with Gasteiger partial charge < -0.3 is 5.73 Å². The fourth-order valence-corrected chi connectivity index (χ4v) is 1.24. The van der Waals surface area contributed by atoms with Gasteiger partial charge >= 0.3 is 0 Å². The average molecular weight is 167 g/mol. The number of nitrogens with two attached hydrogens (primary N) is 1. The summed E-state index contributed by atoms with van der Waals surface area (Å²) in [5.74, 6) is 0. The Balaban J connectivity index is 2.79. The first-order valence-electron chi connectivity index (χ1n) is 4.15. The highest BCUT2D eigenvalue weighted by molar-refractivity contribution is 5.27. The van der Waals surface area contributed by atoms with Crippen LogP contribution in [0, 0.1) is 6.92 Å². The molecule has 1 atom stereocenters. The fourth-order valence-electron chi connectivity index (χ4n) is 1.24. The molecule has 0 amide bonds. The molecule has 1 unspecified atom stereocenters. The molecule has 0 aliphatic rings. The minimum Gasteiger partial charge on any atom is -0.330 e. The van der Waals surface area contributed by atoms with Crippen molar-refractivity contribution in [3.63, 3.8) is 0 Å². The molecular formula is C10H14FN. The van der Waals surface area contributed by atoms with Crippen molar-refractivity contribution >= 4 is 0 Å². The largest absolute Gasteiger partial charge is 0.330 e. The molecule has 12 heavy (non-hydrogen) atoms. The van der Waals surface area contributed by atoms with Crippen LogP contribution in [0.3, 0.4) is 0 Å². The number of hydrogen-bond donors (Lipinski definition) is 1. The molecule has 2 heteroatoms. The number of benzene rings is 1. The molecule has 1 aromatic carbocycles. The minimum atomic E-state index is -0.906. The maximum atomic E-state index is 13.3. The van der Waals surface area contributed by atoms with Crippen LogP contribution in [0.15, 0.2) is 24.3 Å². The Morgan fingerprint density at radius 3 is 2.67 bits per heavy atom. The summed E-state index contributed by atoms with van der Waals surface area (Å²) < 4.78 is 13.3. The highest BCUT2D eigenvalue weighted by Crippen LogP contribution is 2.23. The number of hydrogen-bond acceptors (Lipinski definition) is 1. The number of aryl methyl sites for hydroxylation is 1. The van der Waals surface area contributed by atoms with Gasteiger partial charge in [-0.15, -0.1) is 0 Å². The van der Waals surface area contributed by atoms with Gasteiger partial charge in [-0.25, -0.2) is 4.39 Å².